The second kappa shape index (κ2) is 9.93. The van der Waals surface area contributed by atoms with Crippen LogP contribution in [-0.4, -0.2) is 19.6 Å². The second-order valence-corrected chi connectivity index (χ2v) is 7.26. The Hall–Kier alpha value is -3.33. The molecule has 152 valence electrons. The van der Waals surface area contributed by atoms with Gasteiger partial charge >= 0.3 is 0 Å². The van der Waals surface area contributed by atoms with Crippen molar-refractivity contribution < 1.29 is 9.53 Å². The van der Waals surface area contributed by atoms with Crippen molar-refractivity contribution in [2.75, 3.05) is 19.0 Å². The van der Waals surface area contributed by atoms with Crippen molar-refractivity contribution in [2.45, 2.75) is 13.0 Å². The first-order valence-electron chi connectivity index (χ1n) is 9.43. The van der Waals surface area contributed by atoms with Crippen molar-refractivity contribution >= 4 is 23.2 Å². The number of amides is 1. The summed E-state index contributed by atoms with van der Waals surface area (Å²) in [4.78, 5) is 12.5. The third-order valence-electron chi connectivity index (χ3n) is 4.70. The Morgan fingerprint density at radius 3 is 2.27 bits per heavy atom. The van der Waals surface area contributed by atoms with Gasteiger partial charge in [0.1, 0.15) is 11.8 Å². The monoisotopic (exact) mass is 419 g/mol. The number of halogens is 1. The van der Waals surface area contributed by atoms with E-state index < -0.39 is 0 Å². The number of benzene rings is 3. The Morgan fingerprint density at radius 2 is 1.70 bits per heavy atom. The van der Waals surface area contributed by atoms with Gasteiger partial charge in [-0.15, -0.1) is 0 Å². The third kappa shape index (κ3) is 5.38. The molecular weight excluding hydrogens is 398 g/mol. The summed E-state index contributed by atoms with van der Waals surface area (Å²) in [7, 11) is 1.63. The molecular formula is C24H22ClN3O2. The van der Waals surface area contributed by atoms with Gasteiger partial charge in [-0.05, 0) is 48.4 Å². The van der Waals surface area contributed by atoms with Gasteiger partial charge in [-0.2, -0.15) is 5.26 Å². The Morgan fingerprint density at radius 1 is 1.07 bits per heavy atom. The number of carbonyl (C=O) groups is 1. The number of rotatable bonds is 7. The number of hydrogen-bond acceptors (Lipinski definition) is 4. The van der Waals surface area contributed by atoms with Crippen molar-refractivity contribution in [3.05, 3.63) is 94.0 Å². The molecule has 0 aliphatic carbocycles. The molecule has 0 heterocycles. The smallest absolute Gasteiger partial charge is 0.238 e. The average molecular weight is 420 g/mol. The highest BCUT2D eigenvalue weighted by molar-refractivity contribution is 6.32. The van der Waals surface area contributed by atoms with Gasteiger partial charge in [0.05, 0.1) is 30.3 Å². The van der Waals surface area contributed by atoms with Crippen LogP contribution < -0.4 is 15.4 Å². The number of nitriles is 1. The van der Waals surface area contributed by atoms with Gasteiger partial charge in [-0.1, -0.05) is 53.6 Å². The van der Waals surface area contributed by atoms with Crippen LogP contribution in [0.15, 0.2) is 66.7 Å². The van der Waals surface area contributed by atoms with Crippen LogP contribution >= 0.6 is 11.6 Å². The molecule has 1 atom stereocenters. The standard InChI is InChI=1S/C24H22ClN3O2/c1-16-3-5-17(6-4-16)24(18-8-11-21(30-2)12-9-18)27-15-23(29)28-20-10-7-19(14-26)22(25)13-20/h3-13,24,27H,15H2,1-2H3,(H,28,29). The lowest BCUT2D eigenvalue weighted by Crippen LogP contribution is -2.32. The zero-order valence-electron chi connectivity index (χ0n) is 16.8. The third-order valence-corrected chi connectivity index (χ3v) is 5.01. The maximum absolute atomic E-state index is 12.5. The molecule has 0 aliphatic heterocycles. The molecule has 3 aromatic rings. The van der Waals surface area contributed by atoms with E-state index in [0.29, 0.717) is 16.3 Å². The zero-order valence-corrected chi connectivity index (χ0v) is 17.5. The fourth-order valence-electron chi connectivity index (χ4n) is 3.07. The molecule has 0 aromatic heterocycles. The molecule has 1 amide bonds. The van der Waals surface area contributed by atoms with Crippen LogP contribution in [0.5, 0.6) is 5.75 Å². The lowest BCUT2D eigenvalue weighted by atomic mass is 9.97. The number of methoxy groups -OCH3 is 1. The molecule has 3 aromatic carbocycles. The number of nitrogens with one attached hydrogen (secondary N) is 2. The number of carbonyl (C=O) groups excluding carboxylic acids is 1. The van der Waals surface area contributed by atoms with E-state index in [9.17, 15) is 4.79 Å². The largest absolute Gasteiger partial charge is 0.497 e. The van der Waals surface area contributed by atoms with Crippen LogP contribution in [0.3, 0.4) is 0 Å². The molecule has 0 saturated heterocycles. The maximum atomic E-state index is 12.5. The molecule has 0 fully saturated rings. The highest BCUT2D eigenvalue weighted by Crippen LogP contribution is 2.25. The van der Waals surface area contributed by atoms with E-state index in [0.717, 1.165) is 16.9 Å². The summed E-state index contributed by atoms with van der Waals surface area (Å²) in [5, 5.41) is 15.4. The van der Waals surface area contributed by atoms with Gasteiger partial charge in [0, 0.05) is 5.69 Å². The van der Waals surface area contributed by atoms with Gasteiger partial charge in [-0.25, -0.2) is 0 Å². The highest BCUT2D eigenvalue weighted by atomic mass is 35.5. The normalized spacial score (nSPS) is 11.4. The molecule has 0 aliphatic rings. The fourth-order valence-corrected chi connectivity index (χ4v) is 3.29. The van der Waals surface area contributed by atoms with Crippen molar-refractivity contribution in [1.82, 2.24) is 5.32 Å². The molecule has 30 heavy (non-hydrogen) atoms. The fraction of sp³-hybridized carbons (Fsp3) is 0.167. The van der Waals surface area contributed by atoms with Gasteiger partial charge < -0.3 is 10.1 Å². The molecule has 5 nitrogen and oxygen atoms in total. The number of nitrogens with zero attached hydrogens (tertiary/aromatic N) is 1. The van der Waals surface area contributed by atoms with Crippen molar-refractivity contribution in [3.8, 4) is 11.8 Å². The minimum atomic E-state index is -0.207. The second-order valence-electron chi connectivity index (χ2n) is 6.85. The summed E-state index contributed by atoms with van der Waals surface area (Å²) in [6, 6.07) is 22.6. The van der Waals surface area contributed by atoms with E-state index in [1.165, 1.54) is 5.56 Å². The topological polar surface area (TPSA) is 74.2 Å². The average Bonchev–Trinajstić information content (AvgIpc) is 2.75. The van der Waals surface area contributed by atoms with Gasteiger partial charge in [-0.3, -0.25) is 10.1 Å². The molecule has 0 saturated carbocycles. The summed E-state index contributed by atoms with van der Waals surface area (Å²) < 4.78 is 5.25. The van der Waals surface area contributed by atoms with E-state index in [1.807, 2.05) is 49.4 Å². The quantitative estimate of drug-likeness (QED) is 0.574. The van der Waals surface area contributed by atoms with E-state index in [-0.39, 0.29) is 18.5 Å². The summed E-state index contributed by atoms with van der Waals surface area (Å²) in [6.45, 7) is 2.14. The maximum Gasteiger partial charge on any atom is 0.238 e. The van der Waals surface area contributed by atoms with Crippen LogP contribution in [-0.2, 0) is 4.79 Å². The SMILES string of the molecule is COc1ccc(C(NCC(=O)Nc2ccc(C#N)c(Cl)c2)c2ccc(C)cc2)cc1. The predicted octanol–water partition coefficient (Wildman–Crippen LogP) is 4.85. The van der Waals surface area contributed by atoms with Gasteiger partial charge in [0.15, 0.2) is 0 Å². The first-order valence-corrected chi connectivity index (χ1v) is 9.81. The summed E-state index contributed by atoms with van der Waals surface area (Å²) in [5.41, 5.74) is 4.16. The summed E-state index contributed by atoms with van der Waals surface area (Å²) >= 11 is 6.04. The van der Waals surface area contributed by atoms with Crippen LogP contribution in [0, 0.1) is 18.3 Å². The van der Waals surface area contributed by atoms with E-state index in [1.54, 1.807) is 25.3 Å². The zero-order chi connectivity index (χ0) is 21.5. The number of aryl methyl sites for hydroxylation is 1. The van der Waals surface area contributed by atoms with Gasteiger partial charge in [0.2, 0.25) is 5.91 Å². The summed E-state index contributed by atoms with van der Waals surface area (Å²) in [6.07, 6.45) is 0. The van der Waals surface area contributed by atoms with Crippen LogP contribution in [0.25, 0.3) is 0 Å². The Labute approximate surface area is 181 Å². The molecule has 0 radical (unpaired) electrons. The van der Waals surface area contributed by atoms with Crippen molar-refractivity contribution in [1.29, 1.82) is 5.26 Å². The Kier molecular flexibility index (Phi) is 7.08. The first-order chi connectivity index (χ1) is 14.5. The lowest BCUT2D eigenvalue weighted by Gasteiger charge is -2.20. The molecule has 0 bridgehead atoms. The van der Waals surface area contributed by atoms with Gasteiger partial charge in [0.25, 0.3) is 0 Å². The Balaban J connectivity index is 1.74. The molecule has 1 unspecified atom stereocenters. The van der Waals surface area contributed by atoms with Crippen molar-refractivity contribution in [3.63, 3.8) is 0 Å². The minimum Gasteiger partial charge on any atom is -0.497 e. The lowest BCUT2D eigenvalue weighted by molar-refractivity contribution is -0.115. The molecule has 2 N–H and O–H groups in total. The van der Waals surface area contributed by atoms with Crippen LogP contribution in [0.4, 0.5) is 5.69 Å². The summed E-state index contributed by atoms with van der Waals surface area (Å²) in [5.74, 6) is 0.568. The number of hydrogen-bond donors (Lipinski definition) is 2. The molecule has 6 heteroatoms. The van der Waals surface area contributed by atoms with Crippen molar-refractivity contribution in [2.24, 2.45) is 0 Å². The molecule has 3 rings (SSSR count). The van der Waals surface area contributed by atoms with E-state index in [4.69, 9.17) is 21.6 Å². The molecule has 0 spiro atoms. The van der Waals surface area contributed by atoms with Crippen LogP contribution in [0.1, 0.15) is 28.3 Å². The van der Waals surface area contributed by atoms with E-state index >= 15 is 0 Å². The van der Waals surface area contributed by atoms with E-state index in [2.05, 4.69) is 22.8 Å². The first kappa shape index (κ1) is 21.4. The number of ether oxygens (including phenoxy) is 1. The minimum absolute atomic E-state index is 0.0994. The van der Waals surface area contributed by atoms with Crippen LogP contribution in [0.2, 0.25) is 5.02 Å². The highest BCUT2D eigenvalue weighted by Gasteiger charge is 2.16. The predicted molar refractivity (Wildman–Crippen MR) is 119 cm³/mol. The Bertz CT molecular complexity index is 1060. The number of anilines is 1.